The molecule has 84 valence electrons. The lowest BCUT2D eigenvalue weighted by Gasteiger charge is -2.12. The maximum absolute atomic E-state index is 5.81. The van der Waals surface area contributed by atoms with Crippen LogP contribution < -0.4 is 11.1 Å². The smallest absolute Gasteiger partial charge is 0.0406 e. The Bertz CT molecular complexity index is 271. The molecule has 0 aromatic heterocycles. The van der Waals surface area contributed by atoms with Crippen LogP contribution in [0.5, 0.6) is 0 Å². The zero-order chi connectivity index (χ0) is 11.1. The van der Waals surface area contributed by atoms with E-state index in [0.29, 0.717) is 6.04 Å². The molecule has 2 nitrogen and oxygen atoms in total. The molecule has 0 radical (unpaired) electrons. The molecule has 1 aromatic rings. The standard InChI is InChI=1S/C12H19ClN2/c1-10(6-8-14)15-9-7-11-2-4-12(13)5-3-11/h2-5,10,15H,6-9,14H2,1H3. The second kappa shape index (κ2) is 6.83. The number of benzene rings is 1. The third kappa shape index (κ3) is 5.17. The van der Waals surface area contributed by atoms with E-state index in [-0.39, 0.29) is 0 Å². The summed E-state index contributed by atoms with van der Waals surface area (Å²) in [4.78, 5) is 0. The highest BCUT2D eigenvalue weighted by molar-refractivity contribution is 6.30. The van der Waals surface area contributed by atoms with E-state index in [1.54, 1.807) is 0 Å². The quantitative estimate of drug-likeness (QED) is 0.781. The van der Waals surface area contributed by atoms with Crippen molar-refractivity contribution in [3.63, 3.8) is 0 Å². The van der Waals surface area contributed by atoms with Crippen LogP contribution >= 0.6 is 11.6 Å². The SMILES string of the molecule is CC(CCN)NCCc1ccc(Cl)cc1. The van der Waals surface area contributed by atoms with E-state index in [0.717, 1.165) is 31.0 Å². The number of halogens is 1. The van der Waals surface area contributed by atoms with Crippen LogP contribution in [0, 0.1) is 0 Å². The summed E-state index contributed by atoms with van der Waals surface area (Å²) in [5.74, 6) is 0. The molecule has 0 aliphatic rings. The molecule has 1 rings (SSSR count). The third-order valence-corrected chi connectivity index (χ3v) is 2.67. The molecule has 0 amide bonds. The van der Waals surface area contributed by atoms with Gasteiger partial charge in [0.15, 0.2) is 0 Å². The van der Waals surface area contributed by atoms with Gasteiger partial charge in [0.25, 0.3) is 0 Å². The summed E-state index contributed by atoms with van der Waals surface area (Å²) in [7, 11) is 0. The van der Waals surface area contributed by atoms with Crippen molar-refractivity contribution in [1.29, 1.82) is 0 Å². The van der Waals surface area contributed by atoms with Crippen molar-refractivity contribution >= 4 is 11.6 Å². The van der Waals surface area contributed by atoms with Gasteiger partial charge in [0.1, 0.15) is 0 Å². The van der Waals surface area contributed by atoms with Gasteiger partial charge in [0, 0.05) is 11.1 Å². The van der Waals surface area contributed by atoms with Crippen LogP contribution in [0.2, 0.25) is 5.02 Å². The lowest BCUT2D eigenvalue weighted by Crippen LogP contribution is -2.30. The maximum atomic E-state index is 5.81. The predicted molar refractivity (Wildman–Crippen MR) is 66.3 cm³/mol. The fourth-order valence-corrected chi connectivity index (χ4v) is 1.59. The van der Waals surface area contributed by atoms with Crippen LogP contribution in [0.4, 0.5) is 0 Å². The van der Waals surface area contributed by atoms with E-state index < -0.39 is 0 Å². The third-order valence-electron chi connectivity index (χ3n) is 2.42. The van der Waals surface area contributed by atoms with Gasteiger partial charge in [0.05, 0.1) is 0 Å². The molecular weight excluding hydrogens is 208 g/mol. The number of nitrogens with one attached hydrogen (secondary N) is 1. The largest absolute Gasteiger partial charge is 0.330 e. The second-order valence-corrected chi connectivity index (χ2v) is 4.25. The van der Waals surface area contributed by atoms with E-state index in [9.17, 15) is 0 Å². The summed E-state index contributed by atoms with van der Waals surface area (Å²) in [6.07, 6.45) is 2.06. The number of hydrogen-bond donors (Lipinski definition) is 2. The van der Waals surface area contributed by atoms with Gasteiger partial charge in [-0.1, -0.05) is 23.7 Å². The minimum Gasteiger partial charge on any atom is -0.330 e. The second-order valence-electron chi connectivity index (χ2n) is 3.81. The average molecular weight is 227 g/mol. The topological polar surface area (TPSA) is 38.0 Å². The zero-order valence-corrected chi connectivity index (χ0v) is 9.93. The number of rotatable bonds is 6. The zero-order valence-electron chi connectivity index (χ0n) is 9.17. The summed E-state index contributed by atoms with van der Waals surface area (Å²) in [6, 6.07) is 8.50. The number of nitrogens with two attached hydrogens (primary N) is 1. The fraction of sp³-hybridized carbons (Fsp3) is 0.500. The van der Waals surface area contributed by atoms with Crippen LogP contribution in [-0.2, 0) is 6.42 Å². The first-order valence-corrected chi connectivity index (χ1v) is 5.78. The first kappa shape index (κ1) is 12.5. The van der Waals surface area contributed by atoms with Crippen molar-refractivity contribution < 1.29 is 0 Å². The van der Waals surface area contributed by atoms with Gasteiger partial charge in [-0.3, -0.25) is 0 Å². The summed E-state index contributed by atoms with van der Waals surface area (Å²) < 4.78 is 0. The molecule has 15 heavy (non-hydrogen) atoms. The minimum atomic E-state index is 0.502. The normalized spacial score (nSPS) is 12.7. The Morgan fingerprint density at radius 3 is 2.60 bits per heavy atom. The molecule has 0 heterocycles. The van der Waals surface area contributed by atoms with Crippen LogP contribution in [0.1, 0.15) is 18.9 Å². The molecule has 0 aliphatic heterocycles. The molecule has 0 bridgehead atoms. The van der Waals surface area contributed by atoms with Crippen LogP contribution in [0.3, 0.4) is 0 Å². The summed E-state index contributed by atoms with van der Waals surface area (Å²) in [5.41, 5.74) is 6.79. The van der Waals surface area contributed by atoms with Gasteiger partial charge in [-0.2, -0.15) is 0 Å². The van der Waals surface area contributed by atoms with Crippen LogP contribution in [0.15, 0.2) is 24.3 Å². The Labute approximate surface area is 96.8 Å². The molecule has 0 saturated heterocycles. The molecule has 1 aromatic carbocycles. The van der Waals surface area contributed by atoms with Gasteiger partial charge < -0.3 is 11.1 Å². The molecule has 0 fully saturated rings. The molecular formula is C12H19ClN2. The Morgan fingerprint density at radius 1 is 1.33 bits per heavy atom. The van der Waals surface area contributed by atoms with E-state index in [1.165, 1.54) is 5.56 Å². The van der Waals surface area contributed by atoms with Crippen LogP contribution in [0.25, 0.3) is 0 Å². The highest BCUT2D eigenvalue weighted by Crippen LogP contribution is 2.09. The van der Waals surface area contributed by atoms with E-state index >= 15 is 0 Å². The first-order chi connectivity index (χ1) is 7.22. The lowest BCUT2D eigenvalue weighted by atomic mass is 10.1. The van der Waals surface area contributed by atoms with E-state index in [4.69, 9.17) is 17.3 Å². The van der Waals surface area contributed by atoms with Gasteiger partial charge in [0.2, 0.25) is 0 Å². The predicted octanol–water partition coefficient (Wildman–Crippen LogP) is 2.21. The van der Waals surface area contributed by atoms with Gasteiger partial charge in [-0.25, -0.2) is 0 Å². The summed E-state index contributed by atoms with van der Waals surface area (Å²) in [6.45, 7) is 3.90. The number of hydrogen-bond acceptors (Lipinski definition) is 2. The Morgan fingerprint density at radius 2 is 2.00 bits per heavy atom. The molecule has 3 heteroatoms. The fourth-order valence-electron chi connectivity index (χ4n) is 1.47. The maximum Gasteiger partial charge on any atom is 0.0406 e. The summed E-state index contributed by atoms with van der Waals surface area (Å²) >= 11 is 5.81. The van der Waals surface area contributed by atoms with Crippen molar-refractivity contribution in [3.8, 4) is 0 Å². The van der Waals surface area contributed by atoms with Crippen molar-refractivity contribution in [2.75, 3.05) is 13.1 Å². The summed E-state index contributed by atoms with van der Waals surface area (Å²) in [5, 5.41) is 4.23. The lowest BCUT2D eigenvalue weighted by molar-refractivity contribution is 0.523. The van der Waals surface area contributed by atoms with E-state index in [2.05, 4.69) is 24.4 Å². The van der Waals surface area contributed by atoms with Gasteiger partial charge in [-0.15, -0.1) is 0 Å². The molecule has 1 unspecified atom stereocenters. The molecule has 3 N–H and O–H groups in total. The van der Waals surface area contributed by atoms with Crippen molar-refractivity contribution in [3.05, 3.63) is 34.9 Å². The van der Waals surface area contributed by atoms with Crippen molar-refractivity contribution in [1.82, 2.24) is 5.32 Å². The molecule has 1 atom stereocenters. The molecule has 0 aliphatic carbocycles. The van der Waals surface area contributed by atoms with Gasteiger partial charge in [-0.05, 0) is 50.6 Å². The Kier molecular flexibility index (Phi) is 5.69. The van der Waals surface area contributed by atoms with Gasteiger partial charge >= 0.3 is 0 Å². The monoisotopic (exact) mass is 226 g/mol. The highest BCUT2D eigenvalue weighted by atomic mass is 35.5. The molecule has 0 spiro atoms. The highest BCUT2D eigenvalue weighted by Gasteiger charge is 1.99. The minimum absolute atomic E-state index is 0.502. The first-order valence-electron chi connectivity index (χ1n) is 5.40. The van der Waals surface area contributed by atoms with Crippen LogP contribution in [-0.4, -0.2) is 19.1 Å². The van der Waals surface area contributed by atoms with E-state index in [1.807, 2.05) is 12.1 Å². The van der Waals surface area contributed by atoms with Crippen molar-refractivity contribution in [2.45, 2.75) is 25.8 Å². The van der Waals surface area contributed by atoms with Crippen molar-refractivity contribution in [2.24, 2.45) is 5.73 Å². The molecule has 0 saturated carbocycles. The average Bonchev–Trinajstić information content (AvgIpc) is 2.21. The Hall–Kier alpha value is -0.570. The Balaban J connectivity index is 2.22.